The number of hydrogen-bond acceptors (Lipinski definition) is 1. The van der Waals surface area contributed by atoms with Crippen molar-refractivity contribution < 1.29 is 4.79 Å². The molecule has 0 aliphatic rings. The second-order valence-corrected chi connectivity index (χ2v) is 6.69. The summed E-state index contributed by atoms with van der Waals surface area (Å²) in [6.07, 6.45) is 11.5. The standard InChI is InChI=1S/C17H34ClNO/c1-5-7-9-10-12-17(3,11-8-6-2)13-14-19(4)16(20)15-18/h5-15H2,1-4H3. The van der Waals surface area contributed by atoms with E-state index < -0.39 is 0 Å². The zero-order chi connectivity index (χ0) is 15.4. The van der Waals surface area contributed by atoms with Gasteiger partial charge in [-0.15, -0.1) is 11.6 Å². The van der Waals surface area contributed by atoms with Crippen LogP contribution in [0.4, 0.5) is 0 Å². The highest BCUT2D eigenvalue weighted by molar-refractivity contribution is 6.27. The summed E-state index contributed by atoms with van der Waals surface area (Å²) in [5.74, 6) is 0.133. The molecule has 0 saturated carbocycles. The fourth-order valence-electron chi connectivity index (χ4n) is 2.62. The van der Waals surface area contributed by atoms with Crippen LogP contribution in [-0.4, -0.2) is 30.3 Å². The molecule has 1 amide bonds. The van der Waals surface area contributed by atoms with E-state index in [1.54, 1.807) is 4.90 Å². The van der Waals surface area contributed by atoms with Crippen molar-refractivity contribution in [3.63, 3.8) is 0 Å². The van der Waals surface area contributed by atoms with E-state index in [0.29, 0.717) is 5.41 Å². The number of amides is 1. The van der Waals surface area contributed by atoms with Gasteiger partial charge in [0.05, 0.1) is 0 Å². The first kappa shape index (κ1) is 19.8. The molecule has 0 spiro atoms. The normalized spacial score (nSPS) is 14.1. The van der Waals surface area contributed by atoms with Gasteiger partial charge < -0.3 is 4.90 Å². The van der Waals surface area contributed by atoms with Crippen molar-refractivity contribution in [3.8, 4) is 0 Å². The summed E-state index contributed by atoms with van der Waals surface area (Å²) in [6, 6.07) is 0. The number of carbonyl (C=O) groups is 1. The molecule has 0 radical (unpaired) electrons. The second kappa shape index (κ2) is 11.4. The molecule has 0 aromatic heterocycles. The van der Waals surface area contributed by atoms with Gasteiger partial charge in [0.15, 0.2) is 0 Å². The molecule has 20 heavy (non-hydrogen) atoms. The lowest BCUT2D eigenvalue weighted by Gasteiger charge is -2.32. The molecular weight excluding hydrogens is 270 g/mol. The zero-order valence-corrected chi connectivity index (χ0v) is 14.8. The average Bonchev–Trinajstić information content (AvgIpc) is 2.46. The number of halogens is 1. The van der Waals surface area contributed by atoms with Crippen molar-refractivity contribution >= 4 is 17.5 Å². The minimum atomic E-state index is 0.0375. The van der Waals surface area contributed by atoms with Crippen LogP contribution in [0, 0.1) is 5.41 Å². The quantitative estimate of drug-likeness (QED) is 0.356. The zero-order valence-electron chi connectivity index (χ0n) is 14.0. The van der Waals surface area contributed by atoms with Crippen molar-refractivity contribution in [2.24, 2.45) is 5.41 Å². The summed E-state index contributed by atoms with van der Waals surface area (Å²) in [5, 5.41) is 0. The highest BCUT2D eigenvalue weighted by Crippen LogP contribution is 2.34. The highest BCUT2D eigenvalue weighted by atomic mass is 35.5. The number of unbranched alkanes of at least 4 members (excludes halogenated alkanes) is 4. The maximum Gasteiger partial charge on any atom is 0.237 e. The predicted molar refractivity (Wildman–Crippen MR) is 89.4 cm³/mol. The summed E-state index contributed by atoms with van der Waals surface area (Å²) in [5.41, 5.74) is 0.380. The first-order valence-electron chi connectivity index (χ1n) is 8.29. The van der Waals surface area contributed by atoms with Gasteiger partial charge in [-0.05, 0) is 24.7 Å². The lowest BCUT2D eigenvalue weighted by molar-refractivity contribution is -0.127. The monoisotopic (exact) mass is 303 g/mol. The van der Waals surface area contributed by atoms with Crippen LogP contribution in [0.1, 0.15) is 78.6 Å². The van der Waals surface area contributed by atoms with E-state index >= 15 is 0 Å². The van der Waals surface area contributed by atoms with E-state index in [4.69, 9.17) is 11.6 Å². The Bertz CT molecular complexity index is 257. The molecule has 0 bridgehead atoms. The Labute approximate surface area is 131 Å². The molecule has 0 heterocycles. The van der Waals surface area contributed by atoms with Crippen molar-refractivity contribution in [2.45, 2.75) is 78.6 Å². The van der Waals surface area contributed by atoms with Gasteiger partial charge in [-0.1, -0.05) is 59.3 Å². The first-order chi connectivity index (χ1) is 9.49. The molecule has 0 N–H and O–H groups in total. The minimum absolute atomic E-state index is 0.0375. The molecule has 0 aromatic carbocycles. The minimum Gasteiger partial charge on any atom is -0.345 e. The van der Waals surface area contributed by atoms with E-state index in [1.807, 2.05) is 7.05 Å². The fraction of sp³-hybridized carbons (Fsp3) is 0.941. The van der Waals surface area contributed by atoms with Gasteiger partial charge in [-0.2, -0.15) is 0 Å². The van der Waals surface area contributed by atoms with Crippen LogP contribution in [0.15, 0.2) is 0 Å². The second-order valence-electron chi connectivity index (χ2n) is 6.42. The Balaban J connectivity index is 4.26. The Morgan fingerprint density at radius 2 is 1.60 bits per heavy atom. The van der Waals surface area contributed by atoms with Gasteiger partial charge in [0.2, 0.25) is 5.91 Å². The van der Waals surface area contributed by atoms with E-state index in [1.165, 1.54) is 51.4 Å². The Kier molecular flexibility index (Phi) is 11.3. The molecule has 120 valence electrons. The van der Waals surface area contributed by atoms with Crippen molar-refractivity contribution in [2.75, 3.05) is 19.5 Å². The summed E-state index contributed by atoms with van der Waals surface area (Å²) in [7, 11) is 1.86. The van der Waals surface area contributed by atoms with E-state index in [9.17, 15) is 4.79 Å². The van der Waals surface area contributed by atoms with Crippen molar-refractivity contribution in [1.82, 2.24) is 4.90 Å². The largest absolute Gasteiger partial charge is 0.345 e. The van der Waals surface area contributed by atoms with Gasteiger partial charge >= 0.3 is 0 Å². The Morgan fingerprint density at radius 3 is 2.15 bits per heavy atom. The summed E-state index contributed by atoms with van der Waals surface area (Å²) < 4.78 is 0. The van der Waals surface area contributed by atoms with Gasteiger partial charge in [0.25, 0.3) is 0 Å². The van der Waals surface area contributed by atoms with Gasteiger partial charge in [-0.25, -0.2) is 0 Å². The van der Waals surface area contributed by atoms with Crippen LogP contribution in [0.3, 0.4) is 0 Å². The molecule has 0 saturated heterocycles. The molecule has 3 heteroatoms. The third-order valence-corrected chi connectivity index (χ3v) is 4.59. The van der Waals surface area contributed by atoms with E-state index in [-0.39, 0.29) is 11.8 Å². The third-order valence-electron chi connectivity index (χ3n) is 4.36. The topological polar surface area (TPSA) is 20.3 Å². The number of alkyl halides is 1. The van der Waals surface area contributed by atoms with Crippen LogP contribution < -0.4 is 0 Å². The molecule has 1 atom stereocenters. The van der Waals surface area contributed by atoms with E-state index in [0.717, 1.165) is 13.0 Å². The average molecular weight is 304 g/mol. The van der Waals surface area contributed by atoms with Crippen LogP contribution in [-0.2, 0) is 4.79 Å². The smallest absolute Gasteiger partial charge is 0.237 e. The molecule has 1 unspecified atom stereocenters. The van der Waals surface area contributed by atoms with Crippen molar-refractivity contribution in [3.05, 3.63) is 0 Å². The van der Waals surface area contributed by atoms with Gasteiger partial charge in [0.1, 0.15) is 5.88 Å². The van der Waals surface area contributed by atoms with Crippen LogP contribution in [0.5, 0.6) is 0 Å². The molecule has 0 fully saturated rings. The Hall–Kier alpha value is -0.240. The lowest BCUT2D eigenvalue weighted by atomic mass is 9.77. The summed E-state index contributed by atoms with van der Waals surface area (Å²) >= 11 is 5.61. The Morgan fingerprint density at radius 1 is 1.00 bits per heavy atom. The molecular formula is C17H34ClNO. The lowest BCUT2D eigenvalue weighted by Crippen LogP contribution is -2.32. The third kappa shape index (κ3) is 8.84. The SMILES string of the molecule is CCCCCCC(C)(CCCC)CCN(C)C(=O)CCl. The fourth-order valence-corrected chi connectivity index (χ4v) is 2.83. The highest BCUT2D eigenvalue weighted by Gasteiger charge is 2.24. The number of hydrogen-bond donors (Lipinski definition) is 0. The molecule has 0 aliphatic carbocycles. The molecule has 0 aromatic rings. The van der Waals surface area contributed by atoms with Crippen LogP contribution in [0.2, 0.25) is 0 Å². The number of nitrogens with zero attached hydrogens (tertiary/aromatic N) is 1. The molecule has 0 rings (SSSR count). The van der Waals surface area contributed by atoms with E-state index in [2.05, 4.69) is 20.8 Å². The van der Waals surface area contributed by atoms with Crippen LogP contribution in [0.25, 0.3) is 0 Å². The number of carbonyl (C=O) groups excluding carboxylic acids is 1. The predicted octanol–water partition coefficient (Wildman–Crippen LogP) is 5.24. The van der Waals surface area contributed by atoms with Gasteiger partial charge in [0, 0.05) is 13.6 Å². The summed E-state index contributed by atoms with van der Waals surface area (Å²) in [6.45, 7) is 7.73. The van der Waals surface area contributed by atoms with Crippen LogP contribution >= 0.6 is 11.6 Å². The summed E-state index contributed by atoms with van der Waals surface area (Å²) in [4.78, 5) is 13.3. The molecule has 0 aliphatic heterocycles. The maximum atomic E-state index is 11.5. The number of rotatable bonds is 12. The first-order valence-corrected chi connectivity index (χ1v) is 8.82. The van der Waals surface area contributed by atoms with Crippen molar-refractivity contribution in [1.29, 1.82) is 0 Å². The molecule has 2 nitrogen and oxygen atoms in total. The maximum absolute atomic E-state index is 11.5. The van der Waals surface area contributed by atoms with Gasteiger partial charge in [-0.3, -0.25) is 4.79 Å².